The smallest absolute Gasteiger partial charge is 0.293 e. The fraction of sp³-hybridized carbons (Fsp3) is 0.174. The van der Waals surface area contributed by atoms with Crippen molar-refractivity contribution in [1.29, 1.82) is 0 Å². The number of nitro groups is 1. The maximum Gasteiger partial charge on any atom is 0.293 e. The lowest BCUT2D eigenvalue weighted by molar-refractivity contribution is -0.384. The largest absolute Gasteiger partial charge is 0.319 e. The van der Waals surface area contributed by atoms with E-state index in [2.05, 4.69) is 10.6 Å². The van der Waals surface area contributed by atoms with Crippen LogP contribution in [0, 0.1) is 24.0 Å². The van der Waals surface area contributed by atoms with E-state index >= 15 is 0 Å². The highest BCUT2D eigenvalue weighted by atomic mass is 16.6. The molecule has 0 aliphatic heterocycles. The summed E-state index contributed by atoms with van der Waals surface area (Å²) in [5.41, 5.74) is 3.99. The molecule has 1 atom stereocenters. The second-order valence-electron chi connectivity index (χ2n) is 6.91. The third-order valence-corrected chi connectivity index (χ3v) is 4.72. The van der Waals surface area contributed by atoms with Crippen LogP contribution in [0.5, 0.6) is 0 Å². The first-order valence-corrected chi connectivity index (χ1v) is 9.34. The van der Waals surface area contributed by atoms with E-state index in [1.54, 1.807) is 19.1 Å². The molecule has 2 N–H and O–H groups in total. The average Bonchev–Trinajstić information content (AvgIpc) is 2.71. The molecule has 1 amide bonds. The molecule has 6 heteroatoms. The van der Waals surface area contributed by atoms with Crippen molar-refractivity contribution in [2.45, 2.75) is 19.9 Å². The average molecular weight is 389 g/mol. The SMILES string of the molecule is Cc1ccc([C@H](NCC(=O)Nc2c(C)cccc2[N+](=O)[O-])c2ccccc2)cc1. The number of nitrogens with zero attached hydrogens (tertiary/aromatic N) is 1. The molecule has 29 heavy (non-hydrogen) atoms. The zero-order valence-electron chi connectivity index (χ0n) is 16.4. The summed E-state index contributed by atoms with van der Waals surface area (Å²) in [6.07, 6.45) is 0. The van der Waals surface area contributed by atoms with Crippen molar-refractivity contribution >= 4 is 17.3 Å². The van der Waals surface area contributed by atoms with Gasteiger partial charge in [0.2, 0.25) is 5.91 Å². The van der Waals surface area contributed by atoms with Gasteiger partial charge in [0, 0.05) is 6.07 Å². The lowest BCUT2D eigenvalue weighted by atomic mass is 9.98. The van der Waals surface area contributed by atoms with Gasteiger partial charge >= 0.3 is 0 Å². The fourth-order valence-corrected chi connectivity index (χ4v) is 3.18. The Morgan fingerprint density at radius 2 is 1.59 bits per heavy atom. The number of aryl methyl sites for hydroxylation is 2. The lowest BCUT2D eigenvalue weighted by Crippen LogP contribution is -2.32. The number of carbonyl (C=O) groups is 1. The lowest BCUT2D eigenvalue weighted by Gasteiger charge is -2.20. The van der Waals surface area contributed by atoms with E-state index in [-0.39, 0.29) is 29.9 Å². The predicted molar refractivity (Wildman–Crippen MR) is 114 cm³/mol. The molecule has 0 heterocycles. The summed E-state index contributed by atoms with van der Waals surface area (Å²) in [5.74, 6) is -0.338. The molecule has 0 aromatic heterocycles. The Balaban J connectivity index is 1.77. The van der Waals surface area contributed by atoms with Crippen molar-refractivity contribution in [1.82, 2.24) is 5.32 Å². The highest BCUT2D eigenvalue weighted by molar-refractivity contribution is 5.95. The van der Waals surface area contributed by atoms with E-state index in [1.165, 1.54) is 6.07 Å². The third kappa shape index (κ3) is 5.06. The van der Waals surface area contributed by atoms with E-state index in [0.29, 0.717) is 5.56 Å². The molecule has 3 aromatic rings. The minimum atomic E-state index is -0.491. The number of rotatable bonds is 7. The van der Waals surface area contributed by atoms with Crippen molar-refractivity contribution in [2.24, 2.45) is 0 Å². The molecule has 0 saturated heterocycles. The van der Waals surface area contributed by atoms with Gasteiger partial charge in [0.25, 0.3) is 5.69 Å². The second-order valence-corrected chi connectivity index (χ2v) is 6.91. The molecule has 0 aliphatic rings. The van der Waals surface area contributed by atoms with Gasteiger partial charge in [-0.15, -0.1) is 0 Å². The molecule has 6 nitrogen and oxygen atoms in total. The highest BCUT2D eigenvalue weighted by Gasteiger charge is 2.19. The number of amides is 1. The number of nitro benzene ring substituents is 1. The summed E-state index contributed by atoms with van der Waals surface area (Å²) in [7, 11) is 0. The van der Waals surface area contributed by atoms with Crippen LogP contribution in [0.3, 0.4) is 0 Å². The van der Waals surface area contributed by atoms with Gasteiger partial charge in [0.05, 0.1) is 17.5 Å². The Morgan fingerprint density at radius 1 is 0.931 bits per heavy atom. The van der Waals surface area contributed by atoms with Gasteiger partial charge < -0.3 is 5.32 Å². The van der Waals surface area contributed by atoms with Crippen LogP contribution in [0.25, 0.3) is 0 Å². The number of para-hydroxylation sites is 1. The summed E-state index contributed by atoms with van der Waals surface area (Å²) in [6.45, 7) is 3.77. The van der Waals surface area contributed by atoms with Crippen LogP contribution in [-0.2, 0) is 4.79 Å². The zero-order valence-corrected chi connectivity index (χ0v) is 16.4. The quantitative estimate of drug-likeness (QED) is 0.459. The number of hydrogen-bond acceptors (Lipinski definition) is 4. The van der Waals surface area contributed by atoms with E-state index in [4.69, 9.17) is 0 Å². The molecule has 0 bridgehead atoms. The van der Waals surface area contributed by atoms with Crippen LogP contribution in [0.2, 0.25) is 0 Å². The van der Waals surface area contributed by atoms with Crippen molar-refractivity contribution < 1.29 is 9.72 Å². The number of benzene rings is 3. The van der Waals surface area contributed by atoms with Crippen molar-refractivity contribution in [3.63, 3.8) is 0 Å². The first-order valence-electron chi connectivity index (χ1n) is 9.34. The molecular formula is C23H23N3O3. The number of hydrogen-bond donors (Lipinski definition) is 2. The molecule has 3 aromatic carbocycles. The molecule has 0 fully saturated rings. The number of carbonyl (C=O) groups excluding carboxylic acids is 1. The summed E-state index contributed by atoms with van der Waals surface area (Å²) in [5, 5.41) is 17.2. The first kappa shape index (κ1) is 20.2. The molecule has 0 aliphatic carbocycles. The Hall–Kier alpha value is -3.51. The first-order chi connectivity index (χ1) is 14.0. The van der Waals surface area contributed by atoms with Crippen LogP contribution in [0.1, 0.15) is 28.3 Å². The minimum Gasteiger partial charge on any atom is -0.319 e. The normalized spacial score (nSPS) is 11.7. The molecule has 0 spiro atoms. The van der Waals surface area contributed by atoms with Gasteiger partial charge in [-0.05, 0) is 30.5 Å². The van der Waals surface area contributed by atoms with Crippen LogP contribution >= 0.6 is 0 Å². The monoisotopic (exact) mass is 389 g/mol. The van der Waals surface area contributed by atoms with Crippen LogP contribution in [0.4, 0.5) is 11.4 Å². The van der Waals surface area contributed by atoms with E-state index in [0.717, 1.165) is 16.7 Å². The third-order valence-electron chi connectivity index (χ3n) is 4.72. The topological polar surface area (TPSA) is 84.3 Å². The van der Waals surface area contributed by atoms with E-state index in [9.17, 15) is 14.9 Å². The molecule has 3 rings (SSSR count). The van der Waals surface area contributed by atoms with Crippen molar-refractivity contribution in [2.75, 3.05) is 11.9 Å². The maximum absolute atomic E-state index is 12.6. The van der Waals surface area contributed by atoms with Crippen molar-refractivity contribution in [3.05, 3.63) is 105 Å². The molecule has 148 valence electrons. The summed E-state index contributed by atoms with van der Waals surface area (Å²) in [6, 6.07) is 22.5. The van der Waals surface area contributed by atoms with E-state index in [1.807, 2.05) is 61.5 Å². The second kappa shape index (κ2) is 9.12. The Bertz CT molecular complexity index is 1000. The maximum atomic E-state index is 12.6. The van der Waals surface area contributed by atoms with Crippen LogP contribution in [-0.4, -0.2) is 17.4 Å². The van der Waals surface area contributed by atoms with Crippen LogP contribution in [0.15, 0.2) is 72.8 Å². The summed E-state index contributed by atoms with van der Waals surface area (Å²) >= 11 is 0. The minimum absolute atomic E-state index is 0.0128. The van der Waals surface area contributed by atoms with Gasteiger partial charge in [-0.2, -0.15) is 0 Å². The van der Waals surface area contributed by atoms with Crippen molar-refractivity contribution in [3.8, 4) is 0 Å². The number of anilines is 1. The van der Waals surface area contributed by atoms with E-state index < -0.39 is 4.92 Å². The Kier molecular flexibility index (Phi) is 6.36. The standard InChI is InChI=1S/C23H23N3O3/c1-16-11-13-19(14-12-16)23(18-8-4-3-5-9-18)24-15-21(27)25-22-17(2)7-6-10-20(22)26(28)29/h3-14,23-24H,15H2,1-2H3,(H,25,27)/t23-/m1/s1. The van der Waals surface area contributed by atoms with Gasteiger partial charge in [-0.3, -0.25) is 20.2 Å². The van der Waals surface area contributed by atoms with Crippen LogP contribution < -0.4 is 10.6 Å². The Morgan fingerprint density at radius 3 is 2.24 bits per heavy atom. The fourth-order valence-electron chi connectivity index (χ4n) is 3.18. The Labute approximate surface area is 169 Å². The zero-order chi connectivity index (χ0) is 20.8. The number of nitrogens with one attached hydrogen (secondary N) is 2. The van der Waals surface area contributed by atoms with Gasteiger partial charge in [0.1, 0.15) is 5.69 Å². The molecule has 0 radical (unpaired) electrons. The van der Waals surface area contributed by atoms with Gasteiger partial charge in [-0.25, -0.2) is 0 Å². The summed E-state index contributed by atoms with van der Waals surface area (Å²) in [4.78, 5) is 23.3. The highest BCUT2D eigenvalue weighted by Crippen LogP contribution is 2.27. The van der Waals surface area contributed by atoms with Gasteiger partial charge in [0.15, 0.2) is 0 Å². The predicted octanol–water partition coefficient (Wildman–Crippen LogP) is 4.53. The summed E-state index contributed by atoms with van der Waals surface area (Å²) < 4.78 is 0. The molecule has 0 saturated carbocycles. The van der Waals surface area contributed by atoms with Gasteiger partial charge in [-0.1, -0.05) is 72.3 Å². The molecular weight excluding hydrogens is 366 g/mol. The molecule has 0 unspecified atom stereocenters.